The summed E-state index contributed by atoms with van der Waals surface area (Å²) in [6, 6.07) is 20.1. The molecule has 0 radical (unpaired) electrons. The molecule has 7 heteroatoms. The van der Waals surface area contributed by atoms with Gasteiger partial charge in [-0.1, -0.05) is 54.6 Å². The molecule has 5 N–H and O–H groups in total. The highest BCUT2D eigenvalue weighted by Crippen LogP contribution is 2.44. The first-order chi connectivity index (χ1) is 15.5. The summed E-state index contributed by atoms with van der Waals surface area (Å²) >= 11 is 0. The molecular weight excluding hydrogens is 411 g/mol. The van der Waals surface area contributed by atoms with Gasteiger partial charge in [0.2, 0.25) is 0 Å². The quantitative estimate of drug-likeness (QED) is 0.455. The van der Waals surface area contributed by atoms with E-state index in [9.17, 15) is 19.4 Å². The van der Waals surface area contributed by atoms with E-state index in [1.165, 1.54) is 18.2 Å². The number of carbonyl (C=O) groups excluding carboxylic acids is 1. The number of fused-ring (bicyclic) bond motifs is 3. The lowest BCUT2D eigenvalue weighted by atomic mass is 9.98. The van der Waals surface area contributed by atoms with Crippen LogP contribution in [0.1, 0.15) is 34.3 Å². The number of aliphatic hydroxyl groups excluding tert-OH is 2. The number of halogens is 1. The highest BCUT2D eigenvalue weighted by molar-refractivity contribution is 5.79. The van der Waals surface area contributed by atoms with Crippen LogP contribution in [0.3, 0.4) is 0 Å². The van der Waals surface area contributed by atoms with Gasteiger partial charge < -0.3 is 26.0 Å². The maximum absolute atomic E-state index is 14.0. The van der Waals surface area contributed by atoms with Gasteiger partial charge in [0.25, 0.3) is 0 Å². The van der Waals surface area contributed by atoms with E-state index >= 15 is 0 Å². The van der Waals surface area contributed by atoms with E-state index in [4.69, 9.17) is 10.5 Å². The zero-order chi connectivity index (χ0) is 22.7. The van der Waals surface area contributed by atoms with E-state index < -0.39 is 24.1 Å². The van der Waals surface area contributed by atoms with Gasteiger partial charge in [-0.25, -0.2) is 9.18 Å². The van der Waals surface area contributed by atoms with Crippen molar-refractivity contribution in [1.29, 1.82) is 0 Å². The molecule has 3 aromatic rings. The van der Waals surface area contributed by atoms with Crippen molar-refractivity contribution in [1.82, 2.24) is 5.32 Å². The van der Waals surface area contributed by atoms with Crippen molar-refractivity contribution < 1.29 is 24.1 Å². The Labute approximate surface area is 185 Å². The smallest absolute Gasteiger partial charge is 0.407 e. The van der Waals surface area contributed by atoms with E-state index in [1.54, 1.807) is 0 Å². The molecule has 32 heavy (non-hydrogen) atoms. The zero-order valence-corrected chi connectivity index (χ0v) is 17.4. The van der Waals surface area contributed by atoms with E-state index in [0.29, 0.717) is 5.56 Å². The van der Waals surface area contributed by atoms with Crippen molar-refractivity contribution in [3.05, 3.63) is 94.8 Å². The van der Waals surface area contributed by atoms with Crippen LogP contribution in [-0.2, 0) is 11.3 Å². The van der Waals surface area contributed by atoms with Gasteiger partial charge >= 0.3 is 6.09 Å². The van der Waals surface area contributed by atoms with E-state index in [0.717, 1.165) is 22.3 Å². The molecule has 0 bridgehead atoms. The highest BCUT2D eigenvalue weighted by atomic mass is 19.1. The van der Waals surface area contributed by atoms with Crippen LogP contribution in [0, 0.1) is 5.82 Å². The number of ether oxygens (including phenoxy) is 1. The molecule has 0 heterocycles. The standard InChI is InChI=1S/C25H25FN2O4/c26-22-10-9-15(12-27)11-20(22)24(30)23(29)13-28-25(31)32-14-21-18-7-3-1-5-16(18)17-6-2-4-8-19(17)21/h1-11,21,23-24,29-30H,12-14,27H2,(H,28,31). The number of rotatable bonds is 7. The molecule has 166 valence electrons. The fraction of sp³-hybridized carbons (Fsp3) is 0.240. The minimum Gasteiger partial charge on any atom is -0.449 e. The van der Waals surface area contributed by atoms with Gasteiger partial charge in [-0.15, -0.1) is 0 Å². The van der Waals surface area contributed by atoms with Crippen molar-refractivity contribution >= 4 is 6.09 Å². The van der Waals surface area contributed by atoms with E-state index in [2.05, 4.69) is 5.32 Å². The Morgan fingerprint density at radius 2 is 1.66 bits per heavy atom. The van der Waals surface area contributed by atoms with Crippen LogP contribution in [0.4, 0.5) is 9.18 Å². The van der Waals surface area contributed by atoms with Crippen molar-refractivity contribution in [3.63, 3.8) is 0 Å². The van der Waals surface area contributed by atoms with Gasteiger partial charge in [-0.05, 0) is 39.9 Å². The third-order valence-electron chi connectivity index (χ3n) is 5.78. The third kappa shape index (κ3) is 4.36. The van der Waals surface area contributed by atoms with Gasteiger partial charge in [0.15, 0.2) is 0 Å². The monoisotopic (exact) mass is 436 g/mol. The number of carbonyl (C=O) groups is 1. The summed E-state index contributed by atoms with van der Waals surface area (Å²) in [7, 11) is 0. The molecule has 0 aromatic heterocycles. The summed E-state index contributed by atoms with van der Waals surface area (Å²) in [6.07, 6.45) is -3.66. The predicted molar refractivity (Wildman–Crippen MR) is 118 cm³/mol. The third-order valence-corrected chi connectivity index (χ3v) is 5.78. The fourth-order valence-corrected chi connectivity index (χ4v) is 4.10. The molecule has 3 aromatic carbocycles. The van der Waals surface area contributed by atoms with Crippen molar-refractivity contribution in [2.45, 2.75) is 24.7 Å². The number of aliphatic hydroxyl groups is 2. The number of alkyl carbamates (subject to hydrolysis) is 1. The molecule has 1 aliphatic rings. The number of amides is 1. The van der Waals surface area contributed by atoms with Crippen molar-refractivity contribution in [2.24, 2.45) is 5.73 Å². The maximum Gasteiger partial charge on any atom is 0.407 e. The minimum atomic E-state index is -1.52. The first-order valence-electron chi connectivity index (χ1n) is 10.4. The van der Waals surface area contributed by atoms with Crippen LogP contribution in [0.5, 0.6) is 0 Å². The molecule has 1 amide bonds. The Morgan fingerprint density at radius 3 is 2.28 bits per heavy atom. The number of benzene rings is 3. The second-order valence-electron chi connectivity index (χ2n) is 7.78. The van der Waals surface area contributed by atoms with E-state index in [-0.39, 0.29) is 31.2 Å². The van der Waals surface area contributed by atoms with Crippen LogP contribution in [-0.4, -0.2) is 35.6 Å². The number of hydrogen-bond acceptors (Lipinski definition) is 5. The van der Waals surface area contributed by atoms with Crippen LogP contribution >= 0.6 is 0 Å². The average Bonchev–Trinajstić information content (AvgIpc) is 3.14. The molecule has 2 unspecified atom stereocenters. The van der Waals surface area contributed by atoms with Crippen molar-refractivity contribution in [3.8, 4) is 11.1 Å². The van der Waals surface area contributed by atoms with Gasteiger partial charge in [0.1, 0.15) is 24.6 Å². The van der Waals surface area contributed by atoms with Crippen molar-refractivity contribution in [2.75, 3.05) is 13.2 Å². The maximum atomic E-state index is 14.0. The SMILES string of the molecule is NCc1ccc(F)c(C(O)C(O)CNC(=O)OCC2c3ccccc3-c3ccccc32)c1. The van der Waals surface area contributed by atoms with E-state index in [1.807, 2.05) is 48.5 Å². The Morgan fingerprint density at radius 1 is 1.03 bits per heavy atom. The van der Waals surface area contributed by atoms with Crippen LogP contribution in [0.2, 0.25) is 0 Å². The topological polar surface area (TPSA) is 105 Å². The van der Waals surface area contributed by atoms with Crippen LogP contribution in [0.25, 0.3) is 11.1 Å². The largest absolute Gasteiger partial charge is 0.449 e. The Bertz CT molecular complexity index is 1080. The number of nitrogens with one attached hydrogen (secondary N) is 1. The number of nitrogens with two attached hydrogens (primary N) is 1. The average molecular weight is 436 g/mol. The molecule has 6 nitrogen and oxygen atoms in total. The normalized spacial score (nSPS) is 14.4. The Balaban J connectivity index is 1.35. The first kappa shape index (κ1) is 22.0. The summed E-state index contributed by atoms with van der Waals surface area (Å²) in [4.78, 5) is 12.2. The Hall–Kier alpha value is -3.26. The van der Waals surface area contributed by atoms with Crippen LogP contribution in [0.15, 0.2) is 66.7 Å². The molecule has 0 saturated carbocycles. The lowest BCUT2D eigenvalue weighted by Crippen LogP contribution is -2.36. The molecule has 1 aliphatic carbocycles. The molecule has 0 fully saturated rings. The molecular formula is C25H25FN2O4. The minimum absolute atomic E-state index is 0.0743. The first-order valence-corrected chi connectivity index (χ1v) is 10.4. The molecule has 0 spiro atoms. The molecule has 0 saturated heterocycles. The zero-order valence-electron chi connectivity index (χ0n) is 17.4. The van der Waals surface area contributed by atoms with Gasteiger partial charge in [-0.3, -0.25) is 0 Å². The van der Waals surface area contributed by atoms with Gasteiger partial charge in [0, 0.05) is 24.6 Å². The second kappa shape index (κ2) is 9.48. The molecule has 4 rings (SSSR count). The van der Waals surface area contributed by atoms with Gasteiger partial charge in [-0.2, -0.15) is 0 Å². The summed E-state index contributed by atoms with van der Waals surface area (Å²) in [5, 5.41) is 23.0. The lowest BCUT2D eigenvalue weighted by molar-refractivity contribution is 0.0165. The summed E-state index contributed by atoms with van der Waals surface area (Å²) < 4.78 is 19.4. The Kier molecular flexibility index (Phi) is 6.50. The molecule has 0 aliphatic heterocycles. The number of hydrogen-bond donors (Lipinski definition) is 4. The molecule has 2 atom stereocenters. The van der Waals surface area contributed by atoms with Gasteiger partial charge in [0.05, 0.1) is 0 Å². The summed E-state index contributed by atoms with van der Waals surface area (Å²) in [5.41, 5.74) is 10.5. The second-order valence-corrected chi connectivity index (χ2v) is 7.78. The highest BCUT2D eigenvalue weighted by Gasteiger charge is 2.29. The summed E-state index contributed by atoms with van der Waals surface area (Å²) in [6.45, 7) is 0.00388. The summed E-state index contributed by atoms with van der Waals surface area (Å²) in [5.74, 6) is -0.744. The van der Waals surface area contributed by atoms with Crippen LogP contribution < -0.4 is 11.1 Å². The fourth-order valence-electron chi connectivity index (χ4n) is 4.10. The predicted octanol–water partition coefficient (Wildman–Crippen LogP) is 3.22. The lowest BCUT2D eigenvalue weighted by Gasteiger charge is -2.20.